The van der Waals surface area contributed by atoms with Gasteiger partial charge in [0, 0.05) is 38.6 Å². The molecule has 4 rings (SSSR count). The van der Waals surface area contributed by atoms with Gasteiger partial charge in [-0.3, -0.25) is 19.1 Å². The second-order valence-electron chi connectivity index (χ2n) is 9.56. The molecule has 11 nitrogen and oxygen atoms in total. The first-order valence-corrected chi connectivity index (χ1v) is 12.0. The minimum Gasteiger partial charge on any atom is -0.492 e. The Balaban J connectivity index is 1.75. The van der Waals surface area contributed by atoms with Gasteiger partial charge in [-0.25, -0.2) is 15.8 Å². The van der Waals surface area contributed by atoms with Gasteiger partial charge in [-0.1, -0.05) is 0 Å². The van der Waals surface area contributed by atoms with Crippen LogP contribution in [-0.2, 0) is 4.79 Å². The van der Waals surface area contributed by atoms with Crippen molar-refractivity contribution in [2.45, 2.75) is 38.3 Å². The van der Waals surface area contributed by atoms with E-state index in [4.69, 9.17) is 17.2 Å². The van der Waals surface area contributed by atoms with Crippen LogP contribution in [0.15, 0.2) is 15.7 Å². The quantitative estimate of drug-likeness (QED) is 0.380. The molecule has 2 unspecified atom stereocenters. The van der Waals surface area contributed by atoms with Crippen LogP contribution in [-0.4, -0.2) is 73.0 Å². The standard InChI is InChI=1S/C24H32FN7O4/c1-14(33)28-12-19(29(3)10-8-27-2)15-7-9-30(13-15)21-18(25)11-17-20(22(21)36-4)31(16-5-6-16)24(35)32(26)23(17)34/h11,15-16,19H,5-10,12-13,26H2,1,3-4H3,(H,28,33). The van der Waals surface area contributed by atoms with Crippen molar-refractivity contribution in [3.63, 3.8) is 0 Å². The van der Waals surface area contributed by atoms with Crippen molar-refractivity contribution in [1.29, 1.82) is 0 Å². The molecule has 0 spiro atoms. The van der Waals surface area contributed by atoms with Gasteiger partial charge in [0.1, 0.15) is 11.2 Å². The Labute approximate surface area is 208 Å². The molecular formula is C24H32FN7O4. The van der Waals surface area contributed by atoms with Crippen LogP contribution in [0, 0.1) is 18.3 Å². The predicted molar refractivity (Wildman–Crippen MR) is 134 cm³/mol. The highest BCUT2D eigenvalue weighted by atomic mass is 19.1. The number of hydrogen-bond donors (Lipinski definition) is 2. The molecular weight excluding hydrogens is 469 g/mol. The highest BCUT2D eigenvalue weighted by Crippen LogP contribution is 2.43. The van der Waals surface area contributed by atoms with Gasteiger partial charge in [0.15, 0.2) is 11.6 Å². The number of rotatable bonds is 9. The van der Waals surface area contributed by atoms with Crippen molar-refractivity contribution < 1.29 is 13.9 Å². The number of hydrogen-bond acceptors (Lipinski definition) is 7. The van der Waals surface area contributed by atoms with Gasteiger partial charge in [-0.2, -0.15) is 4.68 Å². The number of fused-ring (bicyclic) bond motifs is 1. The second-order valence-corrected chi connectivity index (χ2v) is 9.56. The fraction of sp³-hybridized carbons (Fsp3) is 0.583. The number of methoxy groups -OCH3 is 1. The number of nitrogens with zero attached hydrogens (tertiary/aromatic N) is 5. The normalized spacial score (nSPS) is 18.4. The van der Waals surface area contributed by atoms with Crippen molar-refractivity contribution in [2.24, 2.45) is 5.92 Å². The molecule has 194 valence electrons. The average molecular weight is 502 g/mol. The van der Waals surface area contributed by atoms with E-state index in [1.807, 2.05) is 11.9 Å². The van der Waals surface area contributed by atoms with Gasteiger partial charge in [0.05, 0.1) is 19.0 Å². The van der Waals surface area contributed by atoms with Gasteiger partial charge >= 0.3 is 5.69 Å². The zero-order valence-electron chi connectivity index (χ0n) is 20.8. The Kier molecular flexibility index (Phi) is 7.21. The molecule has 3 N–H and O–H groups in total. The summed E-state index contributed by atoms with van der Waals surface area (Å²) in [7, 11) is 3.32. The lowest BCUT2D eigenvalue weighted by Gasteiger charge is -2.32. The third-order valence-electron chi connectivity index (χ3n) is 7.18. The smallest absolute Gasteiger partial charge is 0.350 e. The van der Waals surface area contributed by atoms with Crippen LogP contribution in [0.4, 0.5) is 10.1 Å². The lowest BCUT2D eigenvalue weighted by molar-refractivity contribution is -0.119. The number of nitrogens with one attached hydrogen (secondary N) is 1. The largest absolute Gasteiger partial charge is 0.492 e. The molecule has 36 heavy (non-hydrogen) atoms. The maximum Gasteiger partial charge on any atom is 0.350 e. The van der Waals surface area contributed by atoms with E-state index in [0.717, 1.165) is 25.3 Å². The Morgan fingerprint density at radius 3 is 2.72 bits per heavy atom. The Morgan fingerprint density at radius 2 is 2.11 bits per heavy atom. The molecule has 1 aromatic carbocycles. The maximum atomic E-state index is 15.6. The fourth-order valence-electron chi connectivity index (χ4n) is 5.21. The van der Waals surface area contributed by atoms with E-state index >= 15 is 4.39 Å². The van der Waals surface area contributed by atoms with Gasteiger partial charge in [0.2, 0.25) is 12.5 Å². The highest BCUT2D eigenvalue weighted by molar-refractivity contribution is 5.91. The van der Waals surface area contributed by atoms with Crippen LogP contribution in [0.3, 0.4) is 0 Å². The van der Waals surface area contributed by atoms with Crippen molar-refractivity contribution >= 4 is 22.5 Å². The van der Waals surface area contributed by atoms with Gasteiger partial charge in [-0.05, 0) is 38.3 Å². The molecule has 0 radical (unpaired) electrons. The van der Waals surface area contributed by atoms with Crippen LogP contribution < -0.4 is 32.0 Å². The summed E-state index contributed by atoms with van der Waals surface area (Å²) in [6.45, 7) is 10.9. The van der Waals surface area contributed by atoms with Crippen molar-refractivity contribution in [3.05, 3.63) is 44.1 Å². The summed E-state index contributed by atoms with van der Waals surface area (Å²) in [6.07, 6.45) is 2.25. The van der Waals surface area contributed by atoms with E-state index in [-0.39, 0.29) is 46.2 Å². The van der Waals surface area contributed by atoms with Crippen LogP contribution in [0.25, 0.3) is 15.7 Å². The molecule has 1 aliphatic heterocycles. The molecule has 2 aliphatic rings. The Hall–Kier alpha value is -3.59. The molecule has 12 heteroatoms. The number of anilines is 1. The number of likely N-dealkylation sites (N-methyl/N-ethyl adjacent to an activating group) is 1. The third kappa shape index (κ3) is 4.63. The maximum absolute atomic E-state index is 15.6. The topological polar surface area (TPSA) is 119 Å². The molecule has 1 saturated heterocycles. The summed E-state index contributed by atoms with van der Waals surface area (Å²) in [5, 5.41) is 2.88. The molecule has 1 aliphatic carbocycles. The monoisotopic (exact) mass is 501 g/mol. The zero-order chi connectivity index (χ0) is 26.1. The summed E-state index contributed by atoms with van der Waals surface area (Å²) in [5.74, 6) is 5.18. The second kappa shape index (κ2) is 10.2. The number of aromatic nitrogens is 2. The van der Waals surface area contributed by atoms with Crippen molar-refractivity contribution in [2.75, 3.05) is 57.6 Å². The molecule has 1 amide bonds. The predicted octanol–water partition coefficient (Wildman–Crippen LogP) is 0.542. The van der Waals surface area contributed by atoms with Gasteiger partial charge in [0.25, 0.3) is 5.56 Å². The number of nitrogens with two attached hydrogens (primary N) is 1. The first kappa shape index (κ1) is 25.5. The molecule has 2 aromatic rings. The summed E-state index contributed by atoms with van der Waals surface area (Å²) in [5.41, 5.74) is -0.952. The number of ether oxygens (including phenoxy) is 1. The van der Waals surface area contributed by atoms with Crippen LogP contribution in [0.5, 0.6) is 5.75 Å². The molecule has 0 bridgehead atoms. The number of nitrogen functional groups attached to an aromatic ring is 1. The summed E-state index contributed by atoms with van der Waals surface area (Å²) in [6, 6.07) is 0.970. The van der Waals surface area contributed by atoms with Crippen LogP contribution in [0.2, 0.25) is 0 Å². The fourth-order valence-corrected chi connectivity index (χ4v) is 5.21. The Morgan fingerprint density at radius 1 is 1.39 bits per heavy atom. The van der Waals surface area contributed by atoms with Crippen LogP contribution in [0.1, 0.15) is 32.2 Å². The summed E-state index contributed by atoms with van der Waals surface area (Å²) in [4.78, 5) is 44.6. The molecule has 2 heterocycles. The van der Waals surface area contributed by atoms with E-state index in [1.54, 1.807) is 0 Å². The van der Waals surface area contributed by atoms with Crippen molar-refractivity contribution in [3.8, 4) is 5.75 Å². The Bertz CT molecular complexity index is 1330. The van der Waals surface area contributed by atoms with Gasteiger partial charge in [-0.15, -0.1) is 0 Å². The third-order valence-corrected chi connectivity index (χ3v) is 7.18. The number of carbonyl (C=O) groups is 1. The number of benzene rings is 1. The minimum absolute atomic E-state index is 0.000240. The molecule has 2 atom stereocenters. The average Bonchev–Trinajstić information content (AvgIpc) is 3.57. The van der Waals surface area contributed by atoms with E-state index in [9.17, 15) is 14.4 Å². The summed E-state index contributed by atoms with van der Waals surface area (Å²) < 4.78 is 23.2. The first-order chi connectivity index (χ1) is 17.2. The minimum atomic E-state index is -0.772. The number of carbonyl (C=O) groups excluding carboxylic acids is 1. The molecule has 2 fully saturated rings. The lowest BCUT2D eigenvalue weighted by atomic mass is 9.97. The van der Waals surface area contributed by atoms with Crippen molar-refractivity contribution in [1.82, 2.24) is 19.5 Å². The van der Waals surface area contributed by atoms with Crippen LogP contribution >= 0.6 is 0 Å². The zero-order valence-corrected chi connectivity index (χ0v) is 20.8. The highest BCUT2D eigenvalue weighted by Gasteiger charge is 2.37. The number of amides is 1. The van der Waals surface area contributed by atoms with E-state index in [0.29, 0.717) is 37.4 Å². The molecule has 1 saturated carbocycles. The lowest BCUT2D eigenvalue weighted by Crippen LogP contribution is -2.47. The van der Waals surface area contributed by atoms with E-state index in [2.05, 4.69) is 15.1 Å². The number of halogens is 1. The summed E-state index contributed by atoms with van der Waals surface area (Å²) >= 11 is 0. The molecule has 1 aromatic heterocycles. The SMILES string of the molecule is [C-]#[N+]CCN(C)C(CNC(C)=O)C1CCN(c2c(F)cc3c(=O)n(N)c(=O)n(C4CC4)c3c2OC)C1. The van der Waals surface area contributed by atoms with E-state index < -0.39 is 17.1 Å². The van der Waals surface area contributed by atoms with E-state index in [1.165, 1.54) is 18.6 Å². The first-order valence-electron chi connectivity index (χ1n) is 12.0. The van der Waals surface area contributed by atoms with Gasteiger partial charge < -0.3 is 25.6 Å².